The standard InChI is InChI=1S/C44H74NO11P/c1-3-5-6-7-8-9-10-11-12-16-19-22-25-28-31-34-42(47)53-36-40(37-54-57(51,52)55-38-41(45)44(49)50)56-43(48)35-32-29-26-23-20-17-14-13-15-18-21-24-27-30-33-39(46)4-2/h11-12,14-15,17-18,23-24,26-27,30,33,39-41,46H,3-10,13,16,19-22,25,28-29,31-32,34-38,45H2,1-2H3,(H,49,50)(H,51,52)/b12-11-,17-14-,18-15-,26-23-,27-24-,33-30+/t39-,40-,41+/m1/s1. The lowest BCUT2D eigenvalue weighted by Crippen LogP contribution is -2.34. The van der Waals surface area contributed by atoms with Gasteiger partial charge in [-0.25, -0.2) is 4.57 Å². The average Bonchev–Trinajstić information content (AvgIpc) is 3.19. The number of allylic oxidation sites excluding steroid dienone is 11. The Morgan fingerprint density at radius 3 is 1.75 bits per heavy atom. The van der Waals surface area contributed by atoms with Crippen LogP contribution in [-0.4, -0.2) is 71.1 Å². The summed E-state index contributed by atoms with van der Waals surface area (Å²) >= 11 is 0. The second-order valence-corrected chi connectivity index (χ2v) is 15.4. The predicted octanol–water partition coefficient (Wildman–Crippen LogP) is 9.92. The Morgan fingerprint density at radius 1 is 0.632 bits per heavy atom. The molecule has 57 heavy (non-hydrogen) atoms. The summed E-state index contributed by atoms with van der Waals surface area (Å²) in [5.41, 5.74) is 5.32. The minimum absolute atomic E-state index is 0.0640. The van der Waals surface area contributed by atoms with Gasteiger partial charge in [-0.3, -0.25) is 23.4 Å². The zero-order valence-electron chi connectivity index (χ0n) is 34.8. The Kier molecular flexibility index (Phi) is 36.3. The number of aliphatic hydroxyl groups is 1. The summed E-state index contributed by atoms with van der Waals surface area (Å²) in [7, 11) is -4.74. The van der Waals surface area contributed by atoms with Gasteiger partial charge in [0.05, 0.1) is 19.3 Å². The Hall–Kier alpha value is -3.12. The summed E-state index contributed by atoms with van der Waals surface area (Å²) in [6.07, 6.45) is 42.1. The van der Waals surface area contributed by atoms with Gasteiger partial charge >= 0.3 is 25.7 Å². The largest absolute Gasteiger partial charge is 0.480 e. The highest BCUT2D eigenvalue weighted by molar-refractivity contribution is 7.47. The molecule has 0 aromatic rings. The first-order valence-electron chi connectivity index (χ1n) is 21.1. The number of hydrogen-bond donors (Lipinski definition) is 4. The fourth-order valence-electron chi connectivity index (χ4n) is 5.10. The summed E-state index contributed by atoms with van der Waals surface area (Å²) in [6.45, 7) is 2.38. The second kappa shape index (κ2) is 38.4. The number of phosphoric acid groups is 1. The Balaban J connectivity index is 4.53. The van der Waals surface area contributed by atoms with Crippen LogP contribution in [-0.2, 0) is 37.5 Å². The van der Waals surface area contributed by atoms with E-state index in [-0.39, 0.29) is 19.4 Å². The highest BCUT2D eigenvalue weighted by atomic mass is 31.2. The highest BCUT2D eigenvalue weighted by Gasteiger charge is 2.28. The summed E-state index contributed by atoms with van der Waals surface area (Å²) in [6, 6.07) is -1.54. The van der Waals surface area contributed by atoms with Crippen LogP contribution in [0.1, 0.15) is 149 Å². The van der Waals surface area contributed by atoms with Gasteiger partial charge in [0.1, 0.15) is 12.6 Å². The number of carboxylic acids is 1. The van der Waals surface area contributed by atoms with E-state index in [0.717, 1.165) is 57.8 Å². The van der Waals surface area contributed by atoms with Gasteiger partial charge in [0.25, 0.3) is 0 Å². The number of aliphatic carboxylic acids is 1. The SMILES string of the molecule is CCCCCCCC/C=C\CCCCCCCC(=O)OC[C@H](COP(=O)(O)OC[C@H](N)C(=O)O)OC(=O)CCC/C=C\C/C=C\C/C=C\C/C=C\C=C\[C@H](O)CC. The third-order valence-electron chi connectivity index (χ3n) is 8.60. The Labute approximate surface area is 343 Å². The number of unbranched alkanes of at least 4 members (excludes halogenated alkanes) is 12. The van der Waals surface area contributed by atoms with Crippen LogP contribution < -0.4 is 5.73 Å². The van der Waals surface area contributed by atoms with E-state index in [2.05, 4.69) is 47.9 Å². The Morgan fingerprint density at radius 2 is 1.14 bits per heavy atom. The number of aliphatic hydroxyl groups excluding tert-OH is 1. The monoisotopic (exact) mass is 823 g/mol. The first-order chi connectivity index (χ1) is 27.5. The number of phosphoric ester groups is 1. The first-order valence-corrected chi connectivity index (χ1v) is 22.6. The van der Waals surface area contributed by atoms with Gasteiger partial charge in [-0.2, -0.15) is 0 Å². The molecule has 0 aromatic carbocycles. The summed E-state index contributed by atoms with van der Waals surface area (Å²) in [4.78, 5) is 45.9. The van der Waals surface area contributed by atoms with E-state index in [1.165, 1.54) is 38.5 Å². The number of nitrogens with two attached hydrogens (primary N) is 1. The molecule has 0 spiro atoms. The number of carbonyl (C=O) groups excluding carboxylic acids is 2. The molecule has 0 fully saturated rings. The lowest BCUT2D eigenvalue weighted by Gasteiger charge is -2.20. The van der Waals surface area contributed by atoms with Crippen molar-refractivity contribution < 1.29 is 52.6 Å². The van der Waals surface area contributed by atoms with Crippen LogP contribution in [0.25, 0.3) is 0 Å². The fraction of sp³-hybridized carbons (Fsp3) is 0.659. The number of carboxylic acid groups (broad SMARTS) is 1. The van der Waals surface area contributed by atoms with Crippen LogP contribution in [0.4, 0.5) is 0 Å². The average molecular weight is 824 g/mol. The third-order valence-corrected chi connectivity index (χ3v) is 9.55. The van der Waals surface area contributed by atoms with E-state index >= 15 is 0 Å². The molecule has 0 amide bonds. The lowest BCUT2D eigenvalue weighted by molar-refractivity contribution is -0.161. The summed E-state index contributed by atoms with van der Waals surface area (Å²) in [5, 5.41) is 18.3. The molecule has 0 aliphatic heterocycles. The zero-order chi connectivity index (χ0) is 42.2. The van der Waals surface area contributed by atoms with Crippen LogP contribution >= 0.6 is 7.82 Å². The molecule has 0 radical (unpaired) electrons. The first kappa shape index (κ1) is 53.9. The van der Waals surface area contributed by atoms with Crippen molar-refractivity contribution in [1.82, 2.24) is 0 Å². The maximum absolute atomic E-state index is 12.6. The van der Waals surface area contributed by atoms with Crippen LogP contribution in [0.2, 0.25) is 0 Å². The van der Waals surface area contributed by atoms with Crippen molar-refractivity contribution in [2.45, 2.75) is 167 Å². The molecule has 4 atom stereocenters. The maximum atomic E-state index is 12.6. The number of hydrogen-bond acceptors (Lipinski definition) is 10. The molecule has 5 N–H and O–H groups in total. The van der Waals surface area contributed by atoms with Gasteiger partial charge in [-0.1, -0.05) is 138 Å². The fourth-order valence-corrected chi connectivity index (χ4v) is 5.88. The minimum Gasteiger partial charge on any atom is -0.480 e. The maximum Gasteiger partial charge on any atom is 0.472 e. The van der Waals surface area contributed by atoms with Crippen molar-refractivity contribution in [3.63, 3.8) is 0 Å². The molecule has 0 heterocycles. The van der Waals surface area contributed by atoms with Gasteiger partial charge in [0.15, 0.2) is 6.10 Å². The minimum atomic E-state index is -4.74. The molecule has 1 unspecified atom stereocenters. The van der Waals surface area contributed by atoms with Gasteiger partial charge < -0.3 is 30.3 Å². The van der Waals surface area contributed by atoms with E-state index in [0.29, 0.717) is 25.7 Å². The number of carbonyl (C=O) groups is 3. The van der Waals surface area contributed by atoms with Crippen molar-refractivity contribution in [3.05, 3.63) is 72.9 Å². The van der Waals surface area contributed by atoms with Gasteiger partial charge in [-0.15, -0.1) is 0 Å². The van der Waals surface area contributed by atoms with Crippen molar-refractivity contribution in [2.24, 2.45) is 5.73 Å². The van der Waals surface area contributed by atoms with Crippen LogP contribution in [0, 0.1) is 0 Å². The van der Waals surface area contributed by atoms with Crippen molar-refractivity contribution in [1.29, 1.82) is 0 Å². The smallest absolute Gasteiger partial charge is 0.472 e. The predicted molar refractivity (Wildman–Crippen MR) is 227 cm³/mol. The van der Waals surface area contributed by atoms with Gasteiger partial charge in [-0.05, 0) is 70.6 Å². The Bertz CT molecular complexity index is 1260. The van der Waals surface area contributed by atoms with Crippen LogP contribution in [0.5, 0.6) is 0 Å². The van der Waals surface area contributed by atoms with E-state index < -0.39 is 57.2 Å². The summed E-state index contributed by atoms with van der Waals surface area (Å²) < 4.78 is 32.6. The number of esters is 2. The molecule has 0 aliphatic rings. The van der Waals surface area contributed by atoms with E-state index in [9.17, 15) is 28.9 Å². The molecule has 0 saturated heterocycles. The summed E-state index contributed by atoms with van der Waals surface area (Å²) in [5.74, 6) is -2.50. The van der Waals surface area contributed by atoms with Crippen molar-refractivity contribution in [3.8, 4) is 0 Å². The van der Waals surface area contributed by atoms with E-state index in [4.69, 9.17) is 24.8 Å². The molecular formula is C44H74NO11P. The molecule has 12 nitrogen and oxygen atoms in total. The number of ether oxygens (including phenoxy) is 2. The molecular weight excluding hydrogens is 749 g/mol. The third kappa shape index (κ3) is 38.2. The molecule has 0 aromatic heterocycles. The highest BCUT2D eigenvalue weighted by Crippen LogP contribution is 2.43. The molecule has 0 saturated carbocycles. The molecule has 0 aliphatic carbocycles. The van der Waals surface area contributed by atoms with Gasteiger partial charge in [0.2, 0.25) is 0 Å². The number of rotatable bonds is 38. The molecule has 0 bridgehead atoms. The molecule has 13 heteroatoms. The molecule has 326 valence electrons. The lowest BCUT2D eigenvalue weighted by atomic mass is 10.1. The van der Waals surface area contributed by atoms with Crippen molar-refractivity contribution >= 4 is 25.7 Å². The van der Waals surface area contributed by atoms with Crippen LogP contribution in [0.3, 0.4) is 0 Å². The topological polar surface area (TPSA) is 192 Å². The van der Waals surface area contributed by atoms with Crippen LogP contribution in [0.15, 0.2) is 72.9 Å². The zero-order valence-corrected chi connectivity index (χ0v) is 35.7. The normalized spacial score (nSPS) is 15.0. The van der Waals surface area contributed by atoms with Gasteiger partial charge in [0, 0.05) is 12.8 Å². The molecule has 0 rings (SSSR count). The second-order valence-electron chi connectivity index (χ2n) is 13.9. The van der Waals surface area contributed by atoms with Crippen molar-refractivity contribution in [2.75, 3.05) is 19.8 Å². The van der Waals surface area contributed by atoms with E-state index in [1.54, 1.807) is 6.08 Å². The van der Waals surface area contributed by atoms with E-state index in [1.807, 2.05) is 37.3 Å². The quantitative estimate of drug-likeness (QED) is 0.0152.